The van der Waals surface area contributed by atoms with Gasteiger partial charge in [0.1, 0.15) is 11.6 Å². The van der Waals surface area contributed by atoms with Gasteiger partial charge in [0.15, 0.2) is 0 Å². The molecule has 0 aliphatic carbocycles. The Kier molecular flexibility index (Phi) is 11.9. The second-order valence-electron chi connectivity index (χ2n) is 9.15. The molecule has 0 radical (unpaired) electrons. The molecule has 0 bridgehead atoms. The van der Waals surface area contributed by atoms with Crippen LogP contribution in [0.5, 0.6) is 0 Å². The molecule has 0 saturated carbocycles. The minimum atomic E-state index is -1.08. The summed E-state index contributed by atoms with van der Waals surface area (Å²) >= 11 is 0. The van der Waals surface area contributed by atoms with E-state index in [1.165, 1.54) is 0 Å². The first-order chi connectivity index (χ1) is 13.2. The summed E-state index contributed by atoms with van der Waals surface area (Å²) in [6, 6.07) is -1.45. The van der Waals surface area contributed by atoms with Gasteiger partial charge in [-0.3, -0.25) is 9.59 Å². The SMILES string of the molecule is CCOC(=O)CC(O)C(CC(C)C)NC(=O)[C@H](CC(C)C)NC(=O)OC(C)(C)C. The molecule has 0 fully saturated rings. The first-order valence-corrected chi connectivity index (χ1v) is 10.4. The summed E-state index contributed by atoms with van der Waals surface area (Å²) in [5, 5.41) is 15.9. The lowest BCUT2D eigenvalue weighted by Crippen LogP contribution is -2.54. The van der Waals surface area contributed by atoms with Crippen molar-refractivity contribution in [3.05, 3.63) is 0 Å². The van der Waals surface area contributed by atoms with Gasteiger partial charge >= 0.3 is 12.1 Å². The summed E-state index contributed by atoms with van der Waals surface area (Å²) in [6.45, 7) is 15.0. The highest BCUT2D eigenvalue weighted by atomic mass is 16.6. The number of aliphatic hydroxyl groups is 1. The molecule has 0 aromatic rings. The third-order valence-electron chi connectivity index (χ3n) is 3.91. The normalized spacial score (nSPS) is 14.9. The summed E-state index contributed by atoms with van der Waals surface area (Å²) in [6.07, 6.45) is -1.08. The van der Waals surface area contributed by atoms with Gasteiger partial charge in [-0.15, -0.1) is 0 Å². The predicted molar refractivity (Wildman–Crippen MR) is 111 cm³/mol. The number of ether oxygens (including phenoxy) is 2. The van der Waals surface area contributed by atoms with Gasteiger partial charge in [-0.05, 0) is 52.4 Å². The number of hydrogen-bond acceptors (Lipinski definition) is 6. The van der Waals surface area contributed by atoms with Gasteiger partial charge in [0.05, 0.1) is 25.2 Å². The molecule has 3 atom stereocenters. The average Bonchev–Trinajstić information content (AvgIpc) is 2.50. The van der Waals surface area contributed by atoms with E-state index in [9.17, 15) is 19.5 Å². The van der Waals surface area contributed by atoms with E-state index in [4.69, 9.17) is 9.47 Å². The van der Waals surface area contributed by atoms with Gasteiger partial charge in [0.25, 0.3) is 0 Å². The van der Waals surface area contributed by atoms with Crippen LogP contribution >= 0.6 is 0 Å². The maximum atomic E-state index is 12.9. The lowest BCUT2D eigenvalue weighted by atomic mass is 9.96. The number of aliphatic hydroxyl groups excluding tert-OH is 1. The molecule has 0 aromatic carbocycles. The molecular formula is C21H40N2O6. The van der Waals surface area contributed by atoms with Crippen molar-refractivity contribution in [2.75, 3.05) is 6.61 Å². The van der Waals surface area contributed by atoms with Crippen molar-refractivity contribution in [3.63, 3.8) is 0 Å². The van der Waals surface area contributed by atoms with E-state index in [0.717, 1.165) is 0 Å². The molecule has 0 rings (SSSR count). The van der Waals surface area contributed by atoms with E-state index >= 15 is 0 Å². The highest BCUT2D eigenvalue weighted by Gasteiger charge is 2.30. The Bertz CT molecular complexity index is 528. The molecule has 3 N–H and O–H groups in total. The standard InChI is InChI=1S/C21H40N2O6/c1-9-28-18(25)12-17(24)15(10-13(2)3)22-19(26)16(11-14(4)5)23-20(27)29-21(6,7)8/h13-17,24H,9-12H2,1-8H3,(H,22,26)(H,23,27)/t15?,16-,17?/m0/s1. The zero-order valence-electron chi connectivity index (χ0n) is 19.2. The number of nitrogens with one attached hydrogen (secondary N) is 2. The fraction of sp³-hybridized carbons (Fsp3) is 0.857. The minimum absolute atomic E-state index is 0.147. The Hall–Kier alpha value is -1.83. The number of alkyl carbamates (subject to hydrolysis) is 1. The van der Waals surface area contributed by atoms with Crippen LogP contribution in [0, 0.1) is 11.8 Å². The second kappa shape index (κ2) is 12.7. The smallest absolute Gasteiger partial charge is 0.408 e. The maximum Gasteiger partial charge on any atom is 0.408 e. The molecule has 0 saturated heterocycles. The van der Waals surface area contributed by atoms with Crippen LogP contribution in [-0.4, -0.2) is 53.5 Å². The zero-order valence-corrected chi connectivity index (χ0v) is 19.2. The minimum Gasteiger partial charge on any atom is -0.466 e. The second-order valence-corrected chi connectivity index (χ2v) is 9.15. The van der Waals surface area contributed by atoms with Crippen LogP contribution in [0.4, 0.5) is 4.79 Å². The molecule has 2 unspecified atom stereocenters. The number of rotatable bonds is 11. The molecular weight excluding hydrogens is 376 g/mol. The molecule has 8 heteroatoms. The van der Waals surface area contributed by atoms with E-state index in [2.05, 4.69) is 10.6 Å². The molecule has 0 heterocycles. The van der Waals surface area contributed by atoms with Crippen LogP contribution in [0.3, 0.4) is 0 Å². The lowest BCUT2D eigenvalue weighted by molar-refractivity contribution is -0.146. The zero-order chi connectivity index (χ0) is 22.8. The average molecular weight is 417 g/mol. The molecule has 0 aromatic heterocycles. The first-order valence-electron chi connectivity index (χ1n) is 10.4. The Labute approximate surface area is 175 Å². The number of esters is 1. The van der Waals surface area contributed by atoms with Gasteiger partial charge < -0.3 is 25.2 Å². The predicted octanol–water partition coefficient (Wildman–Crippen LogP) is 2.77. The molecule has 8 nitrogen and oxygen atoms in total. The van der Waals surface area contributed by atoms with Gasteiger partial charge in [-0.25, -0.2) is 4.79 Å². The van der Waals surface area contributed by atoms with Gasteiger partial charge in [0.2, 0.25) is 5.91 Å². The molecule has 0 aliphatic heterocycles. The Balaban J connectivity index is 5.23. The van der Waals surface area contributed by atoms with Gasteiger partial charge in [0, 0.05) is 0 Å². The molecule has 0 spiro atoms. The lowest BCUT2D eigenvalue weighted by Gasteiger charge is -2.29. The van der Waals surface area contributed by atoms with Crippen LogP contribution < -0.4 is 10.6 Å². The van der Waals surface area contributed by atoms with Gasteiger partial charge in [-0.2, -0.15) is 0 Å². The third kappa shape index (κ3) is 13.1. The Morgan fingerprint density at radius 3 is 1.97 bits per heavy atom. The highest BCUT2D eigenvalue weighted by Crippen LogP contribution is 2.14. The van der Waals surface area contributed by atoms with Crippen molar-refractivity contribution in [3.8, 4) is 0 Å². The van der Waals surface area contributed by atoms with E-state index in [1.807, 2.05) is 27.7 Å². The summed E-state index contributed by atoms with van der Waals surface area (Å²) in [4.78, 5) is 36.7. The largest absolute Gasteiger partial charge is 0.466 e. The topological polar surface area (TPSA) is 114 Å². The fourth-order valence-electron chi connectivity index (χ4n) is 2.79. The summed E-state index contributed by atoms with van der Waals surface area (Å²) in [7, 11) is 0. The molecule has 2 amide bonds. The van der Waals surface area contributed by atoms with Crippen molar-refractivity contribution in [2.45, 2.75) is 98.4 Å². The maximum absolute atomic E-state index is 12.9. The monoisotopic (exact) mass is 416 g/mol. The van der Waals surface area contributed by atoms with Crippen molar-refractivity contribution >= 4 is 18.0 Å². The number of carbonyl (C=O) groups excluding carboxylic acids is 3. The van der Waals surface area contributed by atoms with Gasteiger partial charge in [-0.1, -0.05) is 27.7 Å². The van der Waals surface area contributed by atoms with E-state index in [1.54, 1.807) is 27.7 Å². The molecule has 170 valence electrons. The van der Waals surface area contributed by atoms with Crippen molar-refractivity contribution < 1.29 is 29.0 Å². The summed E-state index contributed by atoms with van der Waals surface area (Å²) in [5.41, 5.74) is -0.682. The number of carbonyl (C=O) groups is 3. The van der Waals surface area contributed by atoms with Crippen LogP contribution in [-0.2, 0) is 19.1 Å². The fourth-order valence-corrected chi connectivity index (χ4v) is 2.79. The highest BCUT2D eigenvalue weighted by molar-refractivity contribution is 5.86. The van der Waals surface area contributed by atoms with E-state index in [0.29, 0.717) is 12.8 Å². The number of amides is 2. The summed E-state index contributed by atoms with van der Waals surface area (Å²) in [5.74, 6) is -0.611. The third-order valence-corrected chi connectivity index (χ3v) is 3.91. The van der Waals surface area contributed by atoms with E-state index in [-0.39, 0.29) is 24.9 Å². The Morgan fingerprint density at radius 1 is 0.966 bits per heavy atom. The van der Waals surface area contributed by atoms with E-state index < -0.39 is 41.8 Å². The Morgan fingerprint density at radius 2 is 1.52 bits per heavy atom. The molecule has 29 heavy (non-hydrogen) atoms. The van der Waals surface area contributed by atoms with Crippen LogP contribution in [0.15, 0.2) is 0 Å². The first kappa shape index (κ1) is 27.2. The number of hydrogen-bond donors (Lipinski definition) is 3. The van der Waals surface area contributed by atoms with Crippen LogP contribution in [0.2, 0.25) is 0 Å². The molecule has 0 aliphatic rings. The quantitative estimate of drug-likeness (QED) is 0.446. The van der Waals surface area contributed by atoms with Crippen LogP contribution in [0.25, 0.3) is 0 Å². The van der Waals surface area contributed by atoms with Crippen molar-refractivity contribution in [2.24, 2.45) is 11.8 Å². The summed E-state index contributed by atoms with van der Waals surface area (Å²) < 4.78 is 10.1. The van der Waals surface area contributed by atoms with Crippen LogP contribution in [0.1, 0.15) is 74.7 Å². The van der Waals surface area contributed by atoms with Crippen molar-refractivity contribution in [1.29, 1.82) is 0 Å². The van der Waals surface area contributed by atoms with Crippen molar-refractivity contribution in [1.82, 2.24) is 10.6 Å².